The Bertz CT molecular complexity index is 273. The van der Waals surface area contributed by atoms with Gasteiger partial charge in [-0.15, -0.1) is 18.3 Å². The van der Waals surface area contributed by atoms with E-state index in [1.54, 1.807) is 11.8 Å². The van der Waals surface area contributed by atoms with Gasteiger partial charge in [-0.05, 0) is 19.8 Å². The lowest BCUT2D eigenvalue weighted by molar-refractivity contribution is -0.138. The highest BCUT2D eigenvalue weighted by Crippen LogP contribution is 2.26. The first-order chi connectivity index (χ1) is 6.65. The topological polar surface area (TPSA) is 49.3 Å². The van der Waals surface area contributed by atoms with Crippen LogP contribution in [0.25, 0.3) is 0 Å². The number of rotatable bonds is 4. The van der Waals surface area contributed by atoms with Crippen LogP contribution in [0.15, 0.2) is 23.3 Å². The minimum absolute atomic E-state index is 0.441. The highest BCUT2D eigenvalue weighted by Gasteiger charge is 2.23. The van der Waals surface area contributed by atoms with Crippen LogP contribution in [-0.2, 0) is 4.79 Å². The van der Waals surface area contributed by atoms with Crippen LogP contribution in [0.1, 0.15) is 19.8 Å². The van der Waals surface area contributed by atoms with Crippen molar-refractivity contribution in [3.63, 3.8) is 0 Å². The highest BCUT2D eigenvalue weighted by molar-refractivity contribution is 8.03. The van der Waals surface area contributed by atoms with E-state index in [1.807, 2.05) is 13.0 Å². The first-order valence-electron chi connectivity index (χ1n) is 4.58. The summed E-state index contributed by atoms with van der Waals surface area (Å²) in [6.45, 7) is 5.67. The number of hydrogen-bond acceptors (Lipinski definition) is 3. The number of carbonyl (C=O) groups is 1. The van der Waals surface area contributed by atoms with Gasteiger partial charge in [0, 0.05) is 16.4 Å². The Hall–Kier alpha value is -0.900. The lowest BCUT2D eigenvalue weighted by atomic mass is 10.2. The van der Waals surface area contributed by atoms with Crippen molar-refractivity contribution in [3.8, 4) is 0 Å². The predicted octanol–water partition coefficient (Wildman–Crippen LogP) is 1.97. The molecule has 3 nitrogen and oxygen atoms in total. The van der Waals surface area contributed by atoms with Crippen LogP contribution in [0.3, 0.4) is 0 Å². The third-order valence-corrected chi connectivity index (χ3v) is 3.32. The molecule has 0 radical (unpaired) electrons. The quantitative estimate of drug-likeness (QED) is 0.701. The van der Waals surface area contributed by atoms with Crippen LogP contribution >= 0.6 is 11.8 Å². The maximum Gasteiger partial charge on any atom is 0.326 e. The van der Waals surface area contributed by atoms with E-state index in [9.17, 15) is 4.79 Å². The summed E-state index contributed by atoms with van der Waals surface area (Å²) in [6, 6.07) is -0.441. The summed E-state index contributed by atoms with van der Waals surface area (Å²) >= 11 is 1.62. The normalized spacial score (nSPS) is 21.6. The fourth-order valence-corrected chi connectivity index (χ4v) is 2.25. The molecule has 1 aliphatic heterocycles. The van der Waals surface area contributed by atoms with Crippen molar-refractivity contribution >= 4 is 17.7 Å². The lowest BCUT2D eigenvalue weighted by Gasteiger charge is -2.25. The van der Waals surface area contributed by atoms with E-state index in [0.29, 0.717) is 5.75 Å². The molecule has 0 unspecified atom stereocenters. The van der Waals surface area contributed by atoms with Gasteiger partial charge in [0.1, 0.15) is 6.04 Å². The molecule has 0 spiro atoms. The van der Waals surface area contributed by atoms with Crippen molar-refractivity contribution in [1.82, 2.24) is 5.32 Å². The van der Waals surface area contributed by atoms with Crippen LogP contribution < -0.4 is 5.32 Å². The summed E-state index contributed by atoms with van der Waals surface area (Å²) in [4.78, 5) is 12.0. The zero-order chi connectivity index (χ0) is 10.6. The van der Waals surface area contributed by atoms with Gasteiger partial charge < -0.3 is 10.4 Å². The summed E-state index contributed by atoms with van der Waals surface area (Å²) < 4.78 is 0. The summed E-state index contributed by atoms with van der Waals surface area (Å²) in [5.41, 5.74) is 1.05. The molecule has 0 aromatic heterocycles. The van der Waals surface area contributed by atoms with Gasteiger partial charge in [0.15, 0.2) is 0 Å². The zero-order valence-electron chi connectivity index (χ0n) is 8.25. The number of allylic oxidation sites excluding steroid dienone is 3. The molecule has 78 valence electrons. The predicted molar refractivity (Wildman–Crippen MR) is 59.1 cm³/mol. The van der Waals surface area contributed by atoms with Crippen LogP contribution in [-0.4, -0.2) is 22.9 Å². The molecule has 1 heterocycles. The molecule has 1 rings (SSSR count). The Morgan fingerprint density at radius 2 is 2.57 bits per heavy atom. The molecule has 4 heteroatoms. The van der Waals surface area contributed by atoms with Crippen molar-refractivity contribution in [2.75, 3.05) is 5.75 Å². The maximum absolute atomic E-state index is 10.8. The minimum Gasteiger partial charge on any atom is -0.480 e. The third-order valence-electron chi connectivity index (χ3n) is 2.14. The Morgan fingerprint density at radius 1 is 1.86 bits per heavy atom. The van der Waals surface area contributed by atoms with Gasteiger partial charge in [-0.3, -0.25) is 0 Å². The number of hydrogen-bond donors (Lipinski definition) is 2. The fourth-order valence-electron chi connectivity index (χ4n) is 1.28. The summed E-state index contributed by atoms with van der Waals surface area (Å²) in [5, 5.41) is 11.9. The van der Waals surface area contributed by atoms with Crippen LogP contribution in [0.5, 0.6) is 0 Å². The Kier molecular flexibility index (Phi) is 4.07. The first kappa shape index (κ1) is 11.2. The molecule has 0 saturated heterocycles. The van der Waals surface area contributed by atoms with Crippen molar-refractivity contribution in [2.24, 2.45) is 0 Å². The average Bonchev–Trinajstić information content (AvgIpc) is 2.16. The number of nitrogens with one attached hydrogen (secondary N) is 1. The molecule has 0 fully saturated rings. The van der Waals surface area contributed by atoms with E-state index in [4.69, 9.17) is 5.11 Å². The minimum atomic E-state index is -0.777. The van der Waals surface area contributed by atoms with Gasteiger partial charge in [-0.1, -0.05) is 6.08 Å². The van der Waals surface area contributed by atoms with Crippen LogP contribution in [0.4, 0.5) is 0 Å². The second kappa shape index (κ2) is 5.10. The third kappa shape index (κ3) is 2.80. The van der Waals surface area contributed by atoms with E-state index in [2.05, 4.69) is 11.9 Å². The average molecular weight is 213 g/mol. The van der Waals surface area contributed by atoms with Crippen molar-refractivity contribution in [2.45, 2.75) is 25.8 Å². The number of carboxylic acid groups (broad SMARTS) is 1. The molecule has 1 aliphatic rings. The van der Waals surface area contributed by atoms with Gasteiger partial charge in [0.2, 0.25) is 0 Å². The molecular formula is C10H15NO2S. The van der Waals surface area contributed by atoms with E-state index in [-0.39, 0.29) is 0 Å². The molecule has 0 aromatic rings. The second-order valence-electron chi connectivity index (χ2n) is 3.21. The molecular weight excluding hydrogens is 198 g/mol. The maximum atomic E-state index is 10.8. The van der Waals surface area contributed by atoms with Crippen LogP contribution in [0.2, 0.25) is 0 Å². The van der Waals surface area contributed by atoms with Gasteiger partial charge in [-0.2, -0.15) is 0 Å². The van der Waals surface area contributed by atoms with Gasteiger partial charge >= 0.3 is 5.97 Å². The number of carboxylic acids is 1. The molecule has 0 saturated carbocycles. The Morgan fingerprint density at radius 3 is 3.14 bits per heavy atom. The second-order valence-corrected chi connectivity index (χ2v) is 4.44. The van der Waals surface area contributed by atoms with Gasteiger partial charge in [0.25, 0.3) is 0 Å². The standard InChI is InChI=1S/C10H15NO2S/c1-3-4-5-8-7(2)14-6-9(11-8)10(12)13/h3,9,11H,1,4-6H2,2H3,(H,12,13)/t9-/m0/s1. The summed E-state index contributed by atoms with van der Waals surface area (Å²) in [5.74, 6) is -0.167. The molecule has 1 atom stereocenters. The lowest BCUT2D eigenvalue weighted by Crippen LogP contribution is -2.40. The fraction of sp³-hybridized carbons (Fsp3) is 0.500. The Labute approximate surface area is 88.3 Å². The number of aliphatic carboxylic acids is 1. The summed E-state index contributed by atoms with van der Waals surface area (Å²) in [6.07, 6.45) is 3.58. The largest absolute Gasteiger partial charge is 0.480 e. The van der Waals surface area contributed by atoms with Crippen molar-refractivity contribution in [1.29, 1.82) is 0 Å². The molecule has 0 aromatic carbocycles. The first-order valence-corrected chi connectivity index (χ1v) is 5.56. The molecule has 0 aliphatic carbocycles. The SMILES string of the molecule is C=CCCC1=C(C)SC[C@@H](C(=O)O)N1. The zero-order valence-corrected chi connectivity index (χ0v) is 9.06. The Balaban J connectivity index is 2.61. The summed E-state index contributed by atoms with van der Waals surface area (Å²) in [7, 11) is 0. The molecule has 14 heavy (non-hydrogen) atoms. The highest BCUT2D eigenvalue weighted by atomic mass is 32.2. The molecule has 2 N–H and O–H groups in total. The molecule has 0 bridgehead atoms. The van der Waals surface area contributed by atoms with Gasteiger partial charge in [0.05, 0.1) is 0 Å². The smallest absolute Gasteiger partial charge is 0.326 e. The van der Waals surface area contributed by atoms with E-state index in [0.717, 1.165) is 18.5 Å². The number of thioether (sulfide) groups is 1. The van der Waals surface area contributed by atoms with Crippen molar-refractivity contribution in [3.05, 3.63) is 23.3 Å². The van der Waals surface area contributed by atoms with Crippen molar-refractivity contribution < 1.29 is 9.90 Å². The monoisotopic (exact) mass is 213 g/mol. The van der Waals surface area contributed by atoms with E-state index < -0.39 is 12.0 Å². The van der Waals surface area contributed by atoms with E-state index in [1.165, 1.54) is 4.91 Å². The molecule has 0 amide bonds. The van der Waals surface area contributed by atoms with Crippen LogP contribution in [0, 0.1) is 0 Å². The van der Waals surface area contributed by atoms with Gasteiger partial charge in [-0.25, -0.2) is 4.79 Å². The van der Waals surface area contributed by atoms with E-state index >= 15 is 0 Å².